The van der Waals surface area contributed by atoms with Gasteiger partial charge >= 0.3 is 5.97 Å². The topological polar surface area (TPSA) is 69.5 Å². The van der Waals surface area contributed by atoms with Crippen molar-refractivity contribution in [2.45, 2.75) is 12.8 Å². The zero-order valence-corrected chi connectivity index (χ0v) is 14.8. The molecule has 0 fully saturated rings. The molecule has 0 N–H and O–H groups in total. The van der Waals surface area contributed by atoms with Gasteiger partial charge in [0.2, 0.25) is 0 Å². The van der Waals surface area contributed by atoms with E-state index in [1.807, 2.05) is 48.5 Å². The summed E-state index contributed by atoms with van der Waals surface area (Å²) in [4.78, 5) is 10.9. The Labute approximate surface area is 153 Å². The van der Waals surface area contributed by atoms with E-state index in [9.17, 15) is 4.79 Å². The summed E-state index contributed by atoms with van der Waals surface area (Å²) in [6.45, 7) is 4.27. The minimum Gasteiger partial charge on any atom is -0.497 e. The third-order valence-electron chi connectivity index (χ3n) is 3.41. The number of rotatable bonds is 10. The SMILES string of the molecule is C=CC(=O)OCCCCOc1ccc(N=Nc2ccc(OC)cc2)cc1. The smallest absolute Gasteiger partial charge is 0.330 e. The van der Waals surface area contributed by atoms with Crippen molar-refractivity contribution < 1.29 is 19.0 Å². The van der Waals surface area contributed by atoms with Crippen LogP contribution in [0.15, 0.2) is 71.4 Å². The van der Waals surface area contributed by atoms with Crippen LogP contribution in [0.2, 0.25) is 0 Å². The molecule has 0 saturated heterocycles. The number of nitrogens with zero attached hydrogens (tertiary/aromatic N) is 2. The first-order valence-corrected chi connectivity index (χ1v) is 8.29. The summed E-state index contributed by atoms with van der Waals surface area (Å²) in [5.74, 6) is 1.14. The minimum absolute atomic E-state index is 0.374. The summed E-state index contributed by atoms with van der Waals surface area (Å²) in [6.07, 6.45) is 2.70. The van der Waals surface area contributed by atoms with Crippen molar-refractivity contribution in [2.24, 2.45) is 10.2 Å². The minimum atomic E-state index is -0.398. The van der Waals surface area contributed by atoms with Crippen molar-refractivity contribution in [3.63, 3.8) is 0 Å². The Bertz CT molecular complexity index is 724. The molecule has 0 unspecified atom stereocenters. The van der Waals surface area contributed by atoms with E-state index in [-0.39, 0.29) is 0 Å². The highest BCUT2D eigenvalue weighted by Crippen LogP contribution is 2.23. The number of carbonyl (C=O) groups is 1. The number of benzene rings is 2. The molecular weight excluding hydrogens is 332 g/mol. The maximum Gasteiger partial charge on any atom is 0.330 e. The first kappa shape index (κ1) is 19.2. The Morgan fingerprint density at radius 3 is 2.00 bits per heavy atom. The maximum atomic E-state index is 10.9. The summed E-state index contributed by atoms with van der Waals surface area (Å²) in [6, 6.07) is 14.7. The Balaban J connectivity index is 1.72. The fourth-order valence-electron chi connectivity index (χ4n) is 2.00. The van der Waals surface area contributed by atoms with Gasteiger partial charge in [-0.1, -0.05) is 6.58 Å². The number of azo groups is 1. The molecule has 0 atom stereocenters. The number of hydrogen-bond donors (Lipinski definition) is 0. The zero-order valence-electron chi connectivity index (χ0n) is 14.8. The molecule has 6 nitrogen and oxygen atoms in total. The van der Waals surface area contributed by atoms with Crippen LogP contribution >= 0.6 is 0 Å². The van der Waals surface area contributed by atoms with Gasteiger partial charge in [0.1, 0.15) is 11.5 Å². The van der Waals surface area contributed by atoms with Gasteiger partial charge in [-0.25, -0.2) is 4.79 Å². The lowest BCUT2D eigenvalue weighted by Gasteiger charge is -2.06. The van der Waals surface area contributed by atoms with Gasteiger partial charge in [-0.05, 0) is 61.4 Å². The Kier molecular flexibility index (Phi) is 7.86. The highest BCUT2D eigenvalue weighted by molar-refractivity contribution is 5.81. The van der Waals surface area contributed by atoms with Crippen LogP contribution < -0.4 is 9.47 Å². The van der Waals surface area contributed by atoms with Crippen molar-refractivity contribution in [2.75, 3.05) is 20.3 Å². The number of esters is 1. The predicted molar refractivity (Wildman–Crippen MR) is 99.5 cm³/mol. The number of ether oxygens (including phenoxy) is 3. The van der Waals surface area contributed by atoms with Gasteiger partial charge in [0, 0.05) is 6.08 Å². The number of carbonyl (C=O) groups excluding carboxylic acids is 1. The van der Waals surface area contributed by atoms with Crippen molar-refractivity contribution in [1.29, 1.82) is 0 Å². The molecule has 2 rings (SSSR count). The van der Waals surface area contributed by atoms with Crippen molar-refractivity contribution in [3.8, 4) is 11.5 Å². The molecule has 0 aromatic heterocycles. The second kappa shape index (κ2) is 10.7. The molecule has 0 bridgehead atoms. The van der Waals surface area contributed by atoms with Crippen LogP contribution in [0.4, 0.5) is 11.4 Å². The summed E-state index contributed by atoms with van der Waals surface area (Å²) < 4.78 is 15.6. The number of methoxy groups -OCH3 is 1. The second-order valence-electron chi connectivity index (χ2n) is 5.32. The average molecular weight is 354 g/mol. The van der Waals surface area contributed by atoms with Crippen molar-refractivity contribution in [3.05, 3.63) is 61.2 Å². The summed E-state index contributed by atoms with van der Waals surface area (Å²) in [5.41, 5.74) is 1.49. The molecule has 0 heterocycles. The lowest BCUT2D eigenvalue weighted by molar-refractivity contribution is -0.137. The van der Waals surface area contributed by atoms with E-state index in [0.29, 0.717) is 13.2 Å². The van der Waals surface area contributed by atoms with Crippen LogP contribution in [0, 0.1) is 0 Å². The Hall–Kier alpha value is -3.15. The molecule has 0 aliphatic carbocycles. The number of unbranched alkanes of at least 4 members (excludes halogenated alkanes) is 1. The standard InChI is InChI=1S/C20H22N2O4/c1-3-20(23)26-15-5-4-14-25-19-12-8-17(9-13-19)22-21-16-6-10-18(24-2)11-7-16/h3,6-13H,1,4-5,14-15H2,2H3. The zero-order chi connectivity index (χ0) is 18.6. The van der Waals surface area contributed by atoms with Crippen molar-refractivity contribution >= 4 is 17.3 Å². The fourth-order valence-corrected chi connectivity index (χ4v) is 2.00. The maximum absolute atomic E-state index is 10.9. The van der Waals surface area contributed by atoms with Crippen LogP contribution in [0.25, 0.3) is 0 Å². The third-order valence-corrected chi connectivity index (χ3v) is 3.41. The lowest BCUT2D eigenvalue weighted by Crippen LogP contribution is -2.04. The highest BCUT2D eigenvalue weighted by atomic mass is 16.5. The van der Waals surface area contributed by atoms with E-state index in [0.717, 1.165) is 41.8 Å². The van der Waals surface area contributed by atoms with Gasteiger partial charge in [0.15, 0.2) is 0 Å². The van der Waals surface area contributed by atoms with Gasteiger partial charge in [-0.2, -0.15) is 10.2 Å². The fraction of sp³-hybridized carbons (Fsp3) is 0.250. The van der Waals surface area contributed by atoms with E-state index < -0.39 is 5.97 Å². The van der Waals surface area contributed by atoms with Crippen LogP contribution in [0.5, 0.6) is 11.5 Å². The van der Waals surface area contributed by atoms with Crippen LogP contribution in [-0.4, -0.2) is 26.3 Å². The Morgan fingerprint density at radius 1 is 0.923 bits per heavy atom. The second-order valence-corrected chi connectivity index (χ2v) is 5.32. The van der Waals surface area contributed by atoms with Crippen LogP contribution in [-0.2, 0) is 9.53 Å². The molecule has 0 spiro atoms. The first-order chi connectivity index (χ1) is 12.7. The molecule has 0 saturated carbocycles. The van der Waals surface area contributed by atoms with Crippen LogP contribution in [0.3, 0.4) is 0 Å². The molecular formula is C20H22N2O4. The van der Waals surface area contributed by atoms with Gasteiger partial charge in [0.05, 0.1) is 31.7 Å². The molecule has 136 valence electrons. The van der Waals surface area contributed by atoms with E-state index in [4.69, 9.17) is 14.2 Å². The molecule has 6 heteroatoms. The highest BCUT2D eigenvalue weighted by Gasteiger charge is 1.98. The molecule has 0 aliphatic rings. The predicted octanol–water partition coefficient (Wildman–Crippen LogP) is 5.00. The van der Waals surface area contributed by atoms with Crippen LogP contribution in [0.1, 0.15) is 12.8 Å². The van der Waals surface area contributed by atoms with E-state index in [1.54, 1.807) is 7.11 Å². The lowest BCUT2D eigenvalue weighted by atomic mass is 10.3. The molecule has 26 heavy (non-hydrogen) atoms. The molecule has 0 amide bonds. The van der Waals surface area contributed by atoms with Gasteiger partial charge in [-0.3, -0.25) is 0 Å². The van der Waals surface area contributed by atoms with Gasteiger partial charge < -0.3 is 14.2 Å². The van der Waals surface area contributed by atoms with Gasteiger partial charge in [-0.15, -0.1) is 0 Å². The van der Waals surface area contributed by atoms with Crippen molar-refractivity contribution in [1.82, 2.24) is 0 Å². The van der Waals surface area contributed by atoms with E-state index in [2.05, 4.69) is 16.8 Å². The third kappa shape index (κ3) is 6.76. The van der Waals surface area contributed by atoms with E-state index >= 15 is 0 Å². The molecule has 0 aliphatic heterocycles. The average Bonchev–Trinajstić information content (AvgIpc) is 2.70. The van der Waals surface area contributed by atoms with Gasteiger partial charge in [0.25, 0.3) is 0 Å². The number of hydrogen-bond acceptors (Lipinski definition) is 6. The summed E-state index contributed by atoms with van der Waals surface area (Å²) in [7, 11) is 1.62. The Morgan fingerprint density at radius 2 is 1.46 bits per heavy atom. The summed E-state index contributed by atoms with van der Waals surface area (Å²) in [5, 5.41) is 8.37. The van der Waals surface area contributed by atoms with E-state index in [1.165, 1.54) is 0 Å². The monoisotopic (exact) mass is 354 g/mol. The quantitative estimate of drug-likeness (QED) is 0.261. The molecule has 0 radical (unpaired) electrons. The largest absolute Gasteiger partial charge is 0.497 e. The summed E-state index contributed by atoms with van der Waals surface area (Å²) >= 11 is 0. The molecule has 2 aromatic rings. The molecule has 2 aromatic carbocycles. The normalized spacial score (nSPS) is 10.5. The first-order valence-electron chi connectivity index (χ1n) is 8.29.